The Morgan fingerprint density at radius 3 is 2.87 bits per heavy atom. The molecule has 0 aliphatic heterocycles. The van der Waals surface area contributed by atoms with Crippen molar-refractivity contribution >= 4 is 0 Å². The van der Waals surface area contributed by atoms with Crippen molar-refractivity contribution in [2.24, 2.45) is 17.8 Å². The Bertz CT molecular complexity index is 391. The van der Waals surface area contributed by atoms with Crippen molar-refractivity contribution in [2.75, 3.05) is 34.2 Å². The molecule has 1 saturated carbocycles. The van der Waals surface area contributed by atoms with Gasteiger partial charge in [-0.2, -0.15) is 0 Å². The standard InChI is InChI=1S/C19H32O4/c1-21-9-5-3-4-7-15-11-16-13-19(20)17(18(16)12-15)8-6-10-23-14-22-2/h6,8,11,16-20H,3-5,7,9-10,12-14H2,1-2H3/b8-6+/t16-,17+,18-,19+/m0/s1. The molecule has 2 rings (SSSR count). The van der Waals surface area contributed by atoms with Gasteiger partial charge in [0.2, 0.25) is 0 Å². The summed E-state index contributed by atoms with van der Waals surface area (Å²) in [5.74, 6) is 1.42. The first-order chi connectivity index (χ1) is 11.3. The molecule has 0 radical (unpaired) electrons. The van der Waals surface area contributed by atoms with E-state index in [0.29, 0.717) is 25.2 Å². The third kappa shape index (κ3) is 5.71. The molecule has 2 aliphatic carbocycles. The number of hydrogen-bond acceptors (Lipinski definition) is 4. The van der Waals surface area contributed by atoms with E-state index in [-0.39, 0.29) is 12.0 Å². The predicted octanol–water partition coefficient (Wildman–Crippen LogP) is 3.31. The maximum Gasteiger partial charge on any atom is 0.146 e. The van der Waals surface area contributed by atoms with Crippen molar-refractivity contribution in [1.82, 2.24) is 0 Å². The number of aliphatic hydroxyl groups excluding tert-OH is 1. The largest absolute Gasteiger partial charge is 0.392 e. The van der Waals surface area contributed by atoms with Crippen LogP contribution in [-0.2, 0) is 14.2 Å². The van der Waals surface area contributed by atoms with Gasteiger partial charge in [0, 0.05) is 26.7 Å². The fourth-order valence-electron chi connectivity index (χ4n) is 3.98. The summed E-state index contributed by atoms with van der Waals surface area (Å²) in [5.41, 5.74) is 1.60. The first kappa shape index (κ1) is 18.7. The number of methoxy groups -OCH3 is 2. The summed E-state index contributed by atoms with van der Waals surface area (Å²) in [6, 6.07) is 0. The Labute approximate surface area is 140 Å². The minimum absolute atomic E-state index is 0.205. The zero-order valence-corrected chi connectivity index (χ0v) is 14.6. The van der Waals surface area contributed by atoms with Gasteiger partial charge in [-0.1, -0.05) is 30.2 Å². The molecule has 0 amide bonds. The molecule has 4 heteroatoms. The smallest absolute Gasteiger partial charge is 0.146 e. The molecule has 0 unspecified atom stereocenters. The molecule has 0 aromatic heterocycles. The van der Waals surface area contributed by atoms with E-state index in [2.05, 4.69) is 12.2 Å². The molecule has 0 aromatic carbocycles. The second kappa shape index (κ2) is 10.2. The fourth-order valence-corrected chi connectivity index (χ4v) is 3.98. The summed E-state index contributed by atoms with van der Waals surface area (Å²) < 4.78 is 15.2. The number of unbranched alkanes of at least 4 members (excludes halogenated alkanes) is 2. The third-order valence-corrected chi connectivity index (χ3v) is 5.07. The lowest BCUT2D eigenvalue weighted by Gasteiger charge is -2.18. The maximum atomic E-state index is 10.3. The summed E-state index contributed by atoms with van der Waals surface area (Å²) in [5, 5.41) is 10.3. The van der Waals surface area contributed by atoms with Crippen molar-refractivity contribution in [3.05, 3.63) is 23.8 Å². The minimum Gasteiger partial charge on any atom is -0.392 e. The molecule has 0 spiro atoms. The topological polar surface area (TPSA) is 47.9 Å². The SMILES string of the molecule is COCCCCCC1=C[C@H]2C[C@@H](O)[C@H](/C=C/COCOC)[C@H]2C1. The van der Waals surface area contributed by atoms with Crippen molar-refractivity contribution in [2.45, 2.75) is 44.6 Å². The predicted molar refractivity (Wildman–Crippen MR) is 91.1 cm³/mol. The number of allylic oxidation sites excluding steroid dienone is 2. The number of hydrogen-bond donors (Lipinski definition) is 1. The fraction of sp³-hybridized carbons (Fsp3) is 0.789. The average molecular weight is 324 g/mol. The molecule has 4 atom stereocenters. The van der Waals surface area contributed by atoms with Crippen molar-refractivity contribution in [1.29, 1.82) is 0 Å². The normalized spacial score (nSPS) is 30.1. The number of aliphatic hydroxyl groups is 1. The van der Waals surface area contributed by atoms with Crippen LogP contribution in [0.5, 0.6) is 0 Å². The van der Waals surface area contributed by atoms with E-state index in [4.69, 9.17) is 14.2 Å². The summed E-state index contributed by atoms with van der Waals surface area (Å²) in [7, 11) is 3.38. The van der Waals surface area contributed by atoms with E-state index in [9.17, 15) is 5.11 Å². The van der Waals surface area contributed by atoms with Gasteiger partial charge >= 0.3 is 0 Å². The van der Waals surface area contributed by atoms with Crippen LogP contribution in [0, 0.1) is 17.8 Å². The van der Waals surface area contributed by atoms with Gasteiger partial charge < -0.3 is 19.3 Å². The van der Waals surface area contributed by atoms with Crippen LogP contribution in [-0.4, -0.2) is 45.4 Å². The van der Waals surface area contributed by atoms with Gasteiger partial charge in [0.05, 0.1) is 12.7 Å². The number of rotatable bonds is 11. The van der Waals surface area contributed by atoms with E-state index in [1.165, 1.54) is 19.3 Å². The Kier molecular flexibility index (Phi) is 8.31. The van der Waals surface area contributed by atoms with Crippen LogP contribution in [0.2, 0.25) is 0 Å². The second-order valence-electron chi connectivity index (χ2n) is 6.75. The van der Waals surface area contributed by atoms with Gasteiger partial charge in [-0.3, -0.25) is 0 Å². The summed E-state index contributed by atoms with van der Waals surface area (Å²) in [4.78, 5) is 0. The van der Waals surface area contributed by atoms with E-state index in [1.807, 2.05) is 6.08 Å². The minimum atomic E-state index is -0.205. The summed E-state index contributed by atoms with van der Waals surface area (Å²) in [6.45, 7) is 1.74. The van der Waals surface area contributed by atoms with Gasteiger partial charge in [-0.25, -0.2) is 0 Å². The van der Waals surface area contributed by atoms with Crippen LogP contribution >= 0.6 is 0 Å². The highest BCUT2D eigenvalue weighted by Gasteiger charge is 2.42. The molecule has 132 valence electrons. The Hall–Kier alpha value is -0.680. The molecule has 0 heterocycles. The zero-order chi connectivity index (χ0) is 16.5. The van der Waals surface area contributed by atoms with Gasteiger partial charge in [0.15, 0.2) is 0 Å². The van der Waals surface area contributed by atoms with Gasteiger partial charge in [-0.15, -0.1) is 0 Å². The second-order valence-corrected chi connectivity index (χ2v) is 6.75. The molecule has 1 fully saturated rings. The van der Waals surface area contributed by atoms with E-state index < -0.39 is 0 Å². The average Bonchev–Trinajstić information content (AvgIpc) is 3.04. The van der Waals surface area contributed by atoms with E-state index >= 15 is 0 Å². The lowest BCUT2D eigenvalue weighted by Crippen LogP contribution is -2.17. The van der Waals surface area contributed by atoms with Crippen molar-refractivity contribution < 1.29 is 19.3 Å². The van der Waals surface area contributed by atoms with Crippen LogP contribution < -0.4 is 0 Å². The Morgan fingerprint density at radius 2 is 2.09 bits per heavy atom. The summed E-state index contributed by atoms with van der Waals surface area (Å²) in [6.07, 6.45) is 13.3. The lowest BCUT2D eigenvalue weighted by atomic mass is 9.89. The van der Waals surface area contributed by atoms with Gasteiger partial charge in [0.1, 0.15) is 6.79 Å². The highest BCUT2D eigenvalue weighted by molar-refractivity contribution is 5.20. The van der Waals surface area contributed by atoms with Crippen LogP contribution in [0.4, 0.5) is 0 Å². The van der Waals surface area contributed by atoms with Gasteiger partial charge in [-0.05, 0) is 43.9 Å². The Morgan fingerprint density at radius 1 is 1.22 bits per heavy atom. The highest BCUT2D eigenvalue weighted by Crippen LogP contribution is 2.48. The molecule has 2 aliphatic rings. The van der Waals surface area contributed by atoms with Gasteiger partial charge in [0.25, 0.3) is 0 Å². The molecule has 0 saturated heterocycles. The molecule has 0 bridgehead atoms. The van der Waals surface area contributed by atoms with Crippen LogP contribution in [0.15, 0.2) is 23.8 Å². The quantitative estimate of drug-likeness (QED) is 0.360. The van der Waals surface area contributed by atoms with Crippen molar-refractivity contribution in [3.8, 4) is 0 Å². The first-order valence-electron chi connectivity index (χ1n) is 8.86. The van der Waals surface area contributed by atoms with E-state index in [1.54, 1.807) is 19.8 Å². The molecular formula is C19H32O4. The van der Waals surface area contributed by atoms with Crippen molar-refractivity contribution in [3.63, 3.8) is 0 Å². The van der Waals surface area contributed by atoms with Crippen LogP contribution in [0.1, 0.15) is 38.5 Å². The molecular weight excluding hydrogens is 292 g/mol. The number of ether oxygens (including phenoxy) is 3. The molecule has 1 N–H and O–H groups in total. The third-order valence-electron chi connectivity index (χ3n) is 5.07. The Balaban J connectivity index is 1.73. The molecule has 0 aromatic rings. The molecule has 23 heavy (non-hydrogen) atoms. The first-order valence-corrected chi connectivity index (χ1v) is 8.86. The molecule has 4 nitrogen and oxygen atoms in total. The number of fused-ring (bicyclic) bond motifs is 1. The highest BCUT2D eigenvalue weighted by atomic mass is 16.7. The monoisotopic (exact) mass is 324 g/mol. The lowest BCUT2D eigenvalue weighted by molar-refractivity contribution is -0.0188. The van der Waals surface area contributed by atoms with E-state index in [0.717, 1.165) is 25.9 Å². The maximum absolute atomic E-state index is 10.3. The zero-order valence-electron chi connectivity index (χ0n) is 14.6. The van der Waals surface area contributed by atoms with Crippen LogP contribution in [0.3, 0.4) is 0 Å². The van der Waals surface area contributed by atoms with Crippen LogP contribution in [0.25, 0.3) is 0 Å². The summed E-state index contributed by atoms with van der Waals surface area (Å²) >= 11 is 0.